The number of rotatable bonds is 5. The van der Waals surface area contributed by atoms with Gasteiger partial charge in [0.15, 0.2) is 0 Å². The van der Waals surface area contributed by atoms with Crippen LogP contribution in [0.15, 0.2) is 0 Å². The van der Waals surface area contributed by atoms with Crippen LogP contribution >= 0.6 is 0 Å². The number of amides is 1. The molecule has 14 heavy (non-hydrogen) atoms. The predicted octanol–water partition coefficient (Wildman–Crippen LogP) is 1.81. The second-order valence-corrected chi connectivity index (χ2v) is 3.82. The van der Waals surface area contributed by atoms with Gasteiger partial charge in [0.2, 0.25) is 5.91 Å². The molecular weight excluding hydrogens is 178 g/mol. The topological polar surface area (TPSA) is 29.5 Å². The Balaban J connectivity index is 2.33. The van der Waals surface area contributed by atoms with Crippen molar-refractivity contribution in [2.75, 3.05) is 19.7 Å². The summed E-state index contributed by atoms with van der Waals surface area (Å²) in [5.74, 6) is 0.269. The number of carbonyl (C=O) groups excluding carboxylic acids is 1. The molecule has 1 rings (SSSR count). The molecule has 0 aliphatic carbocycles. The van der Waals surface area contributed by atoms with Gasteiger partial charge in [-0.2, -0.15) is 0 Å². The first-order chi connectivity index (χ1) is 6.77. The van der Waals surface area contributed by atoms with Gasteiger partial charge >= 0.3 is 0 Å². The van der Waals surface area contributed by atoms with Crippen molar-refractivity contribution in [3.05, 3.63) is 0 Å². The molecular formula is C11H21NO2. The van der Waals surface area contributed by atoms with Gasteiger partial charge in [-0.05, 0) is 26.2 Å². The van der Waals surface area contributed by atoms with Crippen LogP contribution in [-0.4, -0.2) is 36.6 Å². The molecule has 3 heteroatoms. The van der Waals surface area contributed by atoms with Crippen LogP contribution in [0.4, 0.5) is 0 Å². The lowest BCUT2D eigenvalue weighted by atomic mass is 10.2. The minimum Gasteiger partial charge on any atom is -0.376 e. The summed E-state index contributed by atoms with van der Waals surface area (Å²) in [5.41, 5.74) is 0. The lowest BCUT2D eigenvalue weighted by Gasteiger charge is -2.23. The molecule has 1 aliphatic rings. The number of hydrogen-bond donors (Lipinski definition) is 0. The molecule has 3 nitrogen and oxygen atoms in total. The SMILES string of the molecule is CCCC(=O)N(CC)CC1CCCO1. The van der Waals surface area contributed by atoms with E-state index >= 15 is 0 Å². The van der Waals surface area contributed by atoms with E-state index in [1.54, 1.807) is 0 Å². The summed E-state index contributed by atoms with van der Waals surface area (Å²) in [4.78, 5) is 13.5. The van der Waals surface area contributed by atoms with Crippen LogP contribution in [0.2, 0.25) is 0 Å². The predicted molar refractivity (Wildman–Crippen MR) is 56.1 cm³/mol. The molecule has 0 bridgehead atoms. The molecule has 1 fully saturated rings. The number of nitrogens with zero attached hydrogens (tertiary/aromatic N) is 1. The first kappa shape index (κ1) is 11.5. The molecule has 0 aromatic heterocycles. The second-order valence-electron chi connectivity index (χ2n) is 3.82. The standard InChI is InChI=1S/C11H21NO2/c1-3-6-11(13)12(4-2)9-10-7-5-8-14-10/h10H,3-9H2,1-2H3. The number of hydrogen-bond acceptors (Lipinski definition) is 2. The summed E-state index contributed by atoms with van der Waals surface area (Å²) in [7, 11) is 0. The van der Waals surface area contributed by atoms with E-state index in [0.29, 0.717) is 6.42 Å². The van der Waals surface area contributed by atoms with Crippen molar-refractivity contribution in [2.24, 2.45) is 0 Å². The fourth-order valence-corrected chi connectivity index (χ4v) is 1.81. The summed E-state index contributed by atoms with van der Waals surface area (Å²) in [5, 5.41) is 0. The van der Waals surface area contributed by atoms with Gasteiger partial charge in [-0.25, -0.2) is 0 Å². The Morgan fingerprint density at radius 2 is 2.29 bits per heavy atom. The molecule has 1 atom stereocenters. The number of likely N-dealkylation sites (N-methyl/N-ethyl adjacent to an activating group) is 1. The van der Waals surface area contributed by atoms with Gasteiger partial charge in [-0.15, -0.1) is 0 Å². The van der Waals surface area contributed by atoms with Crippen molar-refractivity contribution in [1.29, 1.82) is 0 Å². The molecule has 1 amide bonds. The van der Waals surface area contributed by atoms with Crippen molar-refractivity contribution in [1.82, 2.24) is 4.90 Å². The molecule has 1 unspecified atom stereocenters. The highest BCUT2D eigenvalue weighted by molar-refractivity contribution is 5.76. The lowest BCUT2D eigenvalue weighted by molar-refractivity contribution is -0.132. The third kappa shape index (κ3) is 3.29. The first-order valence-electron chi connectivity index (χ1n) is 5.67. The van der Waals surface area contributed by atoms with Gasteiger partial charge in [-0.3, -0.25) is 4.79 Å². The summed E-state index contributed by atoms with van der Waals surface area (Å²) < 4.78 is 5.52. The third-order valence-electron chi connectivity index (χ3n) is 2.65. The monoisotopic (exact) mass is 199 g/mol. The summed E-state index contributed by atoms with van der Waals surface area (Å²) in [6, 6.07) is 0. The highest BCUT2D eigenvalue weighted by atomic mass is 16.5. The Labute approximate surface area is 86.4 Å². The van der Waals surface area contributed by atoms with Crippen LogP contribution < -0.4 is 0 Å². The molecule has 0 saturated carbocycles. The zero-order valence-corrected chi connectivity index (χ0v) is 9.29. The fourth-order valence-electron chi connectivity index (χ4n) is 1.81. The highest BCUT2D eigenvalue weighted by Crippen LogP contribution is 2.13. The summed E-state index contributed by atoms with van der Waals surface area (Å²) >= 11 is 0. The zero-order chi connectivity index (χ0) is 10.4. The van der Waals surface area contributed by atoms with E-state index in [4.69, 9.17) is 4.74 Å². The van der Waals surface area contributed by atoms with Gasteiger partial charge in [0.25, 0.3) is 0 Å². The van der Waals surface area contributed by atoms with Crippen LogP contribution in [0.3, 0.4) is 0 Å². The van der Waals surface area contributed by atoms with E-state index in [1.165, 1.54) is 0 Å². The first-order valence-corrected chi connectivity index (χ1v) is 5.67. The van der Waals surface area contributed by atoms with E-state index in [9.17, 15) is 4.79 Å². The normalized spacial score (nSPS) is 21.1. The maximum atomic E-state index is 11.6. The lowest BCUT2D eigenvalue weighted by Crippen LogP contribution is -2.36. The van der Waals surface area contributed by atoms with E-state index in [-0.39, 0.29) is 12.0 Å². The smallest absolute Gasteiger partial charge is 0.222 e. The summed E-state index contributed by atoms with van der Waals surface area (Å²) in [6.45, 7) is 6.53. The molecule has 0 aromatic carbocycles. The van der Waals surface area contributed by atoms with Crippen molar-refractivity contribution < 1.29 is 9.53 Å². The maximum absolute atomic E-state index is 11.6. The quantitative estimate of drug-likeness (QED) is 0.676. The van der Waals surface area contributed by atoms with Gasteiger partial charge in [0.1, 0.15) is 0 Å². The Morgan fingerprint density at radius 1 is 1.50 bits per heavy atom. The average molecular weight is 199 g/mol. The van der Waals surface area contributed by atoms with Crippen LogP contribution in [0.1, 0.15) is 39.5 Å². The summed E-state index contributed by atoms with van der Waals surface area (Å²) in [6.07, 6.45) is 4.14. The zero-order valence-electron chi connectivity index (χ0n) is 9.29. The average Bonchev–Trinajstić information content (AvgIpc) is 2.66. The van der Waals surface area contributed by atoms with Crippen LogP contribution in [0.25, 0.3) is 0 Å². The van der Waals surface area contributed by atoms with Crippen LogP contribution in [-0.2, 0) is 9.53 Å². The van der Waals surface area contributed by atoms with Crippen LogP contribution in [0, 0.1) is 0 Å². The van der Waals surface area contributed by atoms with Crippen molar-refractivity contribution >= 4 is 5.91 Å². The van der Waals surface area contributed by atoms with Gasteiger partial charge in [-0.1, -0.05) is 6.92 Å². The molecule has 1 saturated heterocycles. The number of ether oxygens (including phenoxy) is 1. The van der Waals surface area contributed by atoms with Gasteiger partial charge in [0, 0.05) is 26.1 Å². The number of carbonyl (C=O) groups is 1. The van der Waals surface area contributed by atoms with Crippen molar-refractivity contribution in [3.8, 4) is 0 Å². The molecule has 0 radical (unpaired) electrons. The van der Waals surface area contributed by atoms with Gasteiger partial charge in [0.05, 0.1) is 6.10 Å². The second kappa shape index (κ2) is 6.02. The Kier molecular flexibility index (Phi) is 4.94. The molecule has 1 heterocycles. The largest absolute Gasteiger partial charge is 0.376 e. The minimum atomic E-state index is 0.269. The highest BCUT2D eigenvalue weighted by Gasteiger charge is 2.20. The maximum Gasteiger partial charge on any atom is 0.222 e. The van der Waals surface area contributed by atoms with Gasteiger partial charge < -0.3 is 9.64 Å². The minimum absolute atomic E-state index is 0.269. The van der Waals surface area contributed by atoms with E-state index in [2.05, 4.69) is 0 Å². The third-order valence-corrected chi connectivity index (χ3v) is 2.65. The molecule has 0 N–H and O–H groups in total. The van der Waals surface area contributed by atoms with E-state index in [0.717, 1.165) is 39.0 Å². The fraction of sp³-hybridized carbons (Fsp3) is 0.909. The molecule has 0 spiro atoms. The van der Waals surface area contributed by atoms with Crippen molar-refractivity contribution in [3.63, 3.8) is 0 Å². The van der Waals surface area contributed by atoms with E-state index < -0.39 is 0 Å². The van der Waals surface area contributed by atoms with E-state index in [1.807, 2.05) is 18.7 Å². The Morgan fingerprint density at radius 3 is 2.79 bits per heavy atom. The van der Waals surface area contributed by atoms with Crippen LogP contribution in [0.5, 0.6) is 0 Å². The molecule has 82 valence electrons. The van der Waals surface area contributed by atoms with Crippen molar-refractivity contribution in [2.45, 2.75) is 45.6 Å². The molecule has 1 aliphatic heterocycles. The Hall–Kier alpha value is -0.570. The Bertz CT molecular complexity index is 176. The molecule has 0 aromatic rings.